The van der Waals surface area contributed by atoms with E-state index in [9.17, 15) is 9.59 Å². The molecule has 7 heteroatoms. The summed E-state index contributed by atoms with van der Waals surface area (Å²) >= 11 is 0. The lowest BCUT2D eigenvalue weighted by molar-refractivity contribution is -0.121. The van der Waals surface area contributed by atoms with Crippen molar-refractivity contribution in [1.29, 1.82) is 0 Å². The first kappa shape index (κ1) is 18.0. The molecule has 2 amide bonds. The topological polar surface area (TPSA) is 79.3 Å². The Bertz CT molecular complexity index is 838. The van der Waals surface area contributed by atoms with Gasteiger partial charge >= 0.3 is 0 Å². The Kier molecular flexibility index (Phi) is 5.38. The van der Waals surface area contributed by atoms with Crippen molar-refractivity contribution in [3.8, 4) is 0 Å². The van der Waals surface area contributed by atoms with Crippen LogP contribution in [0.4, 0.5) is 0 Å². The number of likely N-dealkylation sites (tertiary alicyclic amines) is 1. The van der Waals surface area contributed by atoms with Crippen LogP contribution in [0.2, 0.25) is 0 Å². The maximum absolute atomic E-state index is 12.2. The molecular formula is C20H27N5O2. The van der Waals surface area contributed by atoms with Gasteiger partial charge in [-0.15, -0.1) is 0 Å². The Hall–Kier alpha value is -2.41. The highest BCUT2D eigenvalue weighted by Crippen LogP contribution is 2.23. The van der Waals surface area contributed by atoms with Gasteiger partial charge in [0.25, 0.3) is 5.91 Å². The summed E-state index contributed by atoms with van der Waals surface area (Å²) in [6.07, 6.45) is 4.86. The highest BCUT2D eigenvalue weighted by Gasteiger charge is 2.21. The van der Waals surface area contributed by atoms with E-state index in [1.54, 1.807) is 0 Å². The number of piperidine rings is 1. The van der Waals surface area contributed by atoms with Gasteiger partial charge in [-0.05, 0) is 38.1 Å². The van der Waals surface area contributed by atoms with Gasteiger partial charge in [0, 0.05) is 39.0 Å². The molecule has 1 aromatic carbocycles. The summed E-state index contributed by atoms with van der Waals surface area (Å²) in [7, 11) is 0. The minimum Gasteiger partial charge on any atom is -0.355 e. The summed E-state index contributed by atoms with van der Waals surface area (Å²) in [4.78, 5) is 31.5. The van der Waals surface area contributed by atoms with E-state index in [0.717, 1.165) is 36.5 Å². The van der Waals surface area contributed by atoms with Gasteiger partial charge < -0.3 is 20.1 Å². The van der Waals surface area contributed by atoms with E-state index >= 15 is 0 Å². The third kappa shape index (κ3) is 3.98. The van der Waals surface area contributed by atoms with E-state index in [1.807, 2.05) is 18.2 Å². The smallest absolute Gasteiger partial charge is 0.253 e. The number of hydrogen-bond donors (Lipinski definition) is 2. The maximum Gasteiger partial charge on any atom is 0.253 e. The zero-order valence-corrected chi connectivity index (χ0v) is 15.7. The number of nitrogens with one attached hydrogen (secondary N) is 2. The predicted molar refractivity (Wildman–Crippen MR) is 104 cm³/mol. The van der Waals surface area contributed by atoms with Crippen LogP contribution in [0, 0.1) is 0 Å². The summed E-state index contributed by atoms with van der Waals surface area (Å²) in [5, 5.41) is 5.95. The molecule has 0 saturated carbocycles. The first-order valence-electron chi connectivity index (χ1n) is 9.98. The molecule has 7 nitrogen and oxygen atoms in total. The van der Waals surface area contributed by atoms with Crippen LogP contribution in [0.25, 0.3) is 11.0 Å². The highest BCUT2D eigenvalue weighted by atomic mass is 16.2. The largest absolute Gasteiger partial charge is 0.355 e. The Balaban J connectivity index is 1.36. The van der Waals surface area contributed by atoms with Crippen LogP contribution in [-0.4, -0.2) is 59.0 Å². The number of para-hydroxylation sites is 1. The maximum atomic E-state index is 12.2. The van der Waals surface area contributed by atoms with Crippen molar-refractivity contribution in [2.75, 3.05) is 32.7 Å². The van der Waals surface area contributed by atoms with Crippen molar-refractivity contribution in [3.05, 3.63) is 29.6 Å². The fourth-order valence-electron chi connectivity index (χ4n) is 4.08. The van der Waals surface area contributed by atoms with Crippen molar-refractivity contribution in [2.24, 2.45) is 0 Å². The third-order valence-corrected chi connectivity index (χ3v) is 5.49. The lowest BCUT2D eigenvalue weighted by Gasteiger charge is -2.26. The molecule has 2 aliphatic heterocycles. The molecule has 4 rings (SSSR count). The monoisotopic (exact) mass is 369 g/mol. The normalized spacial score (nSPS) is 17.6. The number of carbonyl (C=O) groups is 2. The SMILES string of the molecule is O=C(CCc1nc2cccc3c2n1CCNC3=O)NCCN1CCCCC1. The summed E-state index contributed by atoms with van der Waals surface area (Å²) in [5.41, 5.74) is 2.37. The molecule has 144 valence electrons. The first-order valence-corrected chi connectivity index (χ1v) is 9.98. The van der Waals surface area contributed by atoms with Gasteiger partial charge in [-0.25, -0.2) is 4.98 Å². The molecule has 0 unspecified atom stereocenters. The van der Waals surface area contributed by atoms with Crippen LogP contribution in [0.5, 0.6) is 0 Å². The Morgan fingerprint density at radius 1 is 1.19 bits per heavy atom. The number of imidazole rings is 1. The van der Waals surface area contributed by atoms with Crippen molar-refractivity contribution in [1.82, 2.24) is 25.1 Å². The van der Waals surface area contributed by atoms with Crippen molar-refractivity contribution < 1.29 is 9.59 Å². The number of benzene rings is 1. The van der Waals surface area contributed by atoms with Crippen LogP contribution in [0.15, 0.2) is 18.2 Å². The van der Waals surface area contributed by atoms with Gasteiger partial charge in [0.15, 0.2) is 0 Å². The molecular weight excluding hydrogens is 342 g/mol. The third-order valence-electron chi connectivity index (χ3n) is 5.49. The zero-order chi connectivity index (χ0) is 18.6. The van der Waals surface area contributed by atoms with Crippen molar-refractivity contribution in [3.63, 3.8) is 0 Å². The quantitative estimate of drug-likeness (QED) is 0.805. The lowest BCUT2D eigenvalue weighted by atomic mass is 10.1. The van der Waals surface area contributed by atoms with Gasteiger partial charge in [-0.3, -0.25) is 9.59 Å². The number of rotatable bonds is 6. The summed E-state index contributed by atoms with van der Waals surface area (Å²) in [6.45, 7) is 5.20. The zero-order valence-electron chi connectivity index (χ0n) is 15.7. The van der Waals surface area contributed by atoms with Crippen LogP contribution in [0.3, 0.4) is 0 Å². The second kappa shape index (κ2) is 8.08. The van der Waals surface area contributed by atoms with Gasteiger partial charge in [0.1, 0.15) is 5.82 Å². The highest BCUT2D eigenvalue weighted by molar-refractivity contribution is 6.05. The second-order valence-corrected chi connectivity index (χ2v) is 7.36. The predicted octanol–water partition coefficient (Wildman–Crippen LogP) is 1.31. The molecule has 2 N–H and O–H groups in total. The first-order chi connectivity index (χ1) is 13.2. The Morgan fingerprint density at radius 3 is 2.89 bits per heavy atom. The molecule has 0 aliphatic carbocycles. The van der Waals surface area contributed by atoms with E-state index in [0.29, 0.717) is 38.0 Å². The number of nitrogens with zero attached hydrogens (tertiary/aromatic N) is 3. The Labute approximate surface area is 159 Å². The number of hydrogen-bond acceptors (Lipinski definition) is 4. The van der Waals surface area contributed by atoms with Crippen LogP contribution in [-0.2, 0) is 17.8 Å². The number of aromatic nitrogens is 2. The average Bonchev–Trinajstić information content (AvgIpc) is 2.95. The molecule has 0 radical (unpaired) electrons. The molecule has 27 heavy (non-hydrogen) atoms. The molecule has 1 fully saturated rings. The van der Waals surface area contributed by atoms with E-state index < -0.39 is 0 Å². The molecule has 2 aromatic rings. The standard InChI is InChI=1S/C20H27N5O2/c26-18(21-9-13-24-11-2-1-3-12-24)8-7-17-23-16-6-4-5-15-19(16)25(17)14-10-22-20(15)27/h4-6H,1-3,7-14H2,(H,21,26)(H,22,27). The number of amides is 2. The lowest BCUT2D eigenvalue weighted by Crippen LogP contribution is -2.37. The Morgan fingerprint density at radius 2 is 2.04 bits per heavy atom. The minimum absolute atomic E-state index is 0.0544. The fraction of sp³-hybridized carbons (Fsp3) is 0.550. The van der Waals surface area contributed by atoms with Crippen LogP contribution >= 0.6 is 0 Å². The molecule has 0 atom stereocenters. The average molecular weight is 369 g/mol. The number of aryl methyl sites for hydroxylation is 1. The van der Waals surface area contributed by atoms with E-state index in [2.05, 4.69) is 25.1 Å². The van der Waals surface area contributed by atoms with Gasteiger partial charge in [0.05, 0.1) is 16.6 Å². The summed E-state index contributed by atoms with van der Waals surface area (Å²) < 4.78 is 2.09. The fourth-order valence-corrected chi connectivity index (χ4v) is 4.08. The van der Waals surface area contributed by atoms with Crippen molar-refractivity contribution >= 4 is 22.8 Å². The van der Waals surface area contributed by atoms with E-state index in [-0.39, 0.29) is 11.8 Å². The summed E-state index contributed by atoms with van der Waals surface area (Å²) in [6, 6.07) is 5.62. The van der Waals surface area contributed by atoms with E-state index in [1.165, 1.54) is 19.3 Å². The molecule has 0 spiro atoms. The molecule has 3 heterocycles. The second-order valence-electron chi connectivity index (χ2n) is 7.36. The molecule has 0 bridgehead atoms. The van der Waals surface area contributed by atoms with Gasteiger partial charge in [0.2, 0.25) is 5.91 Å². The van der Waals surface area contributed by atoms with Gasteiger partial charge in [-0.1, -0.05) is 12.5 Å². The minimum atomic E-state index is -0.0544. The van der Waals surface area contributed by atoms with E-state index in [4.69, 9.17) is 0 Å². The van der Waals surface area contributed by atoms with Crippen molar-refractivity contribution in [2.45, 2.75) is 38.6 Å². The molecule has 2 aliphatic rings. The van der Waals surface area contributed by atoms with Crippen LogP contribution in [0.1, 0.15) is 41.9 Å². The van der Waals surface area contributed by atoms with Gasteiger partial charge in [-0.2, -0.15) is 0 Å². The molecule has 1 aromatic heterocycles. The van der Waals surface area contributed by atoms with Crippen LogP contribution < -0.4 is 10.6 Å². The summed E-state index contributed by atoms with van der Waals surface area (Å²) in [5.74, 6) is 0.885. The number of carbonyl (C=O) groups excluding carboxylic acids is 2. The molecule has 1 saturated heterocycles.